The highest BCUT2D eigenvalue weighted by molar-refractivity contribution is 14.0. The third-order valence-electron chi connectivity index (χ3n) is 4.67. The van der Waals surface area contributed by atoms with Crippen molar-refractivity contribution in [1.82, 2.24) is 20.4 Å². The van der Waals surface area contributed by atoms with E-state index in [-0.39, 0.29) is 30.0 Å². The van der Waals surface area contributed by atoms with Gasteiger partial charge < -0.3 is 15.4 Å². The Kier molecular flexibility index (Phi) is 7.31. The number of nitrogens with one attached hydrogen (secondary N) is 2. The third-order valence-corrected chi connectivity index (χ3v) is 4.67. The zero-order valence-electron chi connectivity index (χ0n) is 15.9. The fourth-order valence-electron chi connectivity index (χ4n) is 3.18. The van der Waals surface area contributed by atoms with Gasteiger partial charge in [0.15, 0.2) is 5.96 Å². The molecule has 0 aliphatic carbocycles. The smallest absolute Gasteiger partial charge is 0.192 e. The number of hydrogen-bond acceptors (Lipinski definition) is 3. The van der Waals surface area contributed by atoms with Crippen molar-refractivity contribution in [3.05, 3.63) is 46.8 Å². The van der Waals surface area contributed by atoms with Crippen LogP contribution in [0.25, 0.3) is 0 Å². The van der Waals surface area contributed by atoms with Gasteiger partial charge in [-0.1, -0.05) is 18.2 Å². The lowest BCUT2D eigenvalue weighted by Crippen LogP contribution is -2.41. The first-order chi connectivity index (χ1) is 12.1. The number of hydrogen-bond donors (Lipinski definition) is 2. The van der Waals surface area contributed by atoms with E-state index in [1.807, 2.05) is 30.8 Å². The summed E-state index contributed by atoms with van der Waals surface area (Å²) in [6.45, 7) is 8.35. The van der Waals surface area contributed by atoms with Crippen molar-refractivity contribution in [3.63, 3.8) is 0 Å². The van der Waals surface area contributed by atoms with Gasteiger partial charge in [-0.15, -0.1) is 24.0 Å². The fraction of sp³-hybridized carbons (Fsp3) is 0.474. The van der Waals surface area contributed by atoms with Crippen molar-refractivity contribution >= 4 is 29.9 Å². The first-order valence-corrected chi connectivity index (χ1v) is 8.85. The van der Waals surface area contributed by atoms with Crippen LogP contribution >= 0.6 is 24.0 Å². The lowest BCUT2D eigenvalue weighted by atomic mass is 10.0. The Morgan fingerprint density at radius 2 is 2.12 bits per heavy atom. The molecule has 2 N–H and O–H groups in total. The van der Waals surface area contributed by atoms with E-state index in [1.165, 1.54) is 11.1 Å². The Balaban J connectivity index is 0.00000243. The summed E-state index contributed by atoms with van der Waals surface area (Å²) >= 11 is 0. The predicted molar refractivity (Wildman–Crippen MR) is 115 cm³/mol. The van der Waals surface area contributed by atoms with Gasteiger partial charge >= 0.3 is 0 Å². The number of fused-ring (bicyclic) bond motifs is 1. The number of rotatable bonds is 4. The molecule has 142 valence electrons. The van der Waals surface area contributed by atoms with Crippen molar-refractivity contribution in [3.8, 4) is 5.75 Å². The minimum absolute atomic E-state index is 0. The van der Waals surface area contributed by atoms with Gasteiger partial charge in [0.2, 0.25) is 0 Å². The van der Waals surface area contributed by atoms with E-state index < -0.39 is 0 Å². The maximum Gasteiger partial charge on any atom is 0.192 e. The van der Waals surface area contributed by atoms with Crippen molar-refractivity contribution < 1.29 is 4.74 Å². The number of aryl methyl sites for hydroxylation is 2. The molecule has 0 fully saturated rings. The highest BCUT2D eigenvalue weighted by Gasteiger charge is 2.21. The number of benzene rings is 1. The molecule has 0 radical (unpaired) electrons. The van der Waals surface area contributed by atoms with E-state index in [1.54, 1.807) is 0 Å². The second kappa shape index (κ2) is 9.25. The maximum atomic E-state index is 5.75. The SMILES string of the molecule is CCNC(=NCc1c(C)nn(C)c1C)NC1CCOc2ccccc21.I. The van der Waals surface area contributed by atoms with Crippen LogP contribution in [-0.2, 0) is 13.6 Å². The van der Waals surface area contributed by atoms with Crippen LogP contribution in [0, 0.1) is 13.8 Å². The summed E-state index contributed by atoms with van der Waals surface area (Å²) in [7, 11) is 1.97. The van der Waals surface area contributed by atoms with Gasteiger partial charge in [0.25, 0.3) is 0 Å². The predicted octanol–water partition coefficient (Wildman–Crippen LogP) is 3.23. The number of para-hydroxylation sites is 1. The molecule has 0 bridgehead atoms. The van der Waals surface area contributed by atoms with Crippen molar-refractivity contribution in [2.75, 3.05) is 13.2 Å². The number of aliphatic imine (C=N–C) groups is 1. The van der Waals surface area contributed by atoms with Crippen LogP contribution in [0.5, 0.6) is 5.75 Å². The Morgan fingerprint density at radius 3 is 2.81 bits per heavy atom. The van der Waals surface area contributed by atoms with Gasteiger partial charge in [-0.05, 0) is 26.8 Å². The molecule has 0 amide bonds. The molecule has 2 heterocycles. The molecule has 1 aliphatic rings. The average Bonchev–Trinajstić information content (AvgIpc) is 2.85. The number of halogens is 1. The molecule has 3 rings (SSSR count). The first kappa shape index (κ1) is 20.5. The second-order valence-corrected chi connectivity index (χ2v) is 6.34. The molecule has 7 heteroatoms. The van der Waals surface area contributed by atoms with E-state index in [2.05, 4.69) is 41.7 Å². The zero-order chi connectivity index (χ0) is 17.8. The van der Waals surface area contributed by atoms with E-state index in [0.29, 0.717) is 6.54 Å². The summed E-state index contributed by atoms with van der Waals surface area (Å²) in [5.74, 6) is 1.79. The molecular formula is C19H28IN5O. The normalized spacial score (nSPS) is 16.3. The first-order valence-electron chi connectivity index (χ1n) is 8.85. The second-order valence-electron chi connectivity index (χ2n) is 6.34. The summed E-state index contributed by atoms with van der Waals surface area (Å²) in [5.41, 5.74) is 4.57. The monoisotopic (exact) mass is 469 g/mol. The topological polar surface area (TPSA) is 63.5 Å². The van der Waals surface area contributed by atoms with Crippen molar-refractivity contribution in [2.24, 2.45) is 12.0 Å². The molecule has 6 nitrogen and oxygen atoms in total. The maximum absolute atomic E-state index is 5.75. The molecule has 0 spiro atoms. The van der Waals surface area contributed by atoms with Crippen LogP contribution in [0.3, 0.4) is 0 Å². The molecule has 0 saturated heterocycles. The Hall–Kier alpha value is -1.77. The van der Waals surface area contributed by atoms with Crippen LogP contribution < -0.4 is 15.4 Å². The van der Waals surface area contributed by atoms with Gasteiger partial charge in [0.1, 0.15) is 5.75 Å². The quantitative estimate of drug-likeness (QED) is 0.410. The minimum atomic E-state index is 0. The molecule has 1 unspecified atom stereocenters. The van der Waals surface area contributed by atoms with Gasteiger partial charge in [0.05, 0.1) is 24.9 Å². The van der Waals surface area contributed by atoms with Crippen LogP contribution in [0.15, 0.2) is 29.3 Å². The lowest BCUT2D eigenvalue weighted by Gasteiger charge is -2.28. The standard InChI is InChI=1S/C19H27N5O.HI/c1-5-20-19(21-12-16-13(2)23-24(4)14(16)3)22-17-10-11-25-18-9-7-6-8-15(17)18;/h6-9,17H,5,10-12H2,1-4H3,(H2,20,21,22);1H. The highest BCUT2D eigenvalue weighted by atomic mass is 127. The fourth-order valence-corrected chi connectivity index (χ4v) is 3.18. The summed E-state index contributed by atoms with van der Waals surface area (Å²) in [5, 5.41) is 11.4. The van der Waals surface area contributed by atoms with E-state index >= 15 is 0 Å². The summed E-state index contributed by atoms with van der Waals surface area (Å²) < 4.78 is 7.66. The summed E-state index contributed by atoms with van der Waals surface area (Å²) in [6, 6.07) is 8.41. The molecule has 1 aromatic heterocycles. The molecule has 1 aliphatic heterocycles. The molecule has 0 saturated carbocycles. The van der Waals surface area contributed by atoms with Crippen LogP contribution in [0.1, 0.15) is 41.9 Å². The van der Waals surface area contributed by atoms with E-state index in [0.717, 1.165) is 42.7 Å². The molecule has 2 aromatic rings. The number of guanidine groups is 1. The summed E-state index contributed by atoms with van der Waals surface area (Å²) in [6.07, 6.45) is 0.923. The number of nitrogens with zero attached hydrogens (tertiary/aromatic N) is 3. The number of aromatic nitrogens is 2. The minimum Gasteiger partial charge on any atom is -0.493 e. The third kappa shape index (κ3) is 4.49. The number of ether oxygens (including phenoxy) is 1. The Morgan fingerprint density at radius 1 is 1.35 bits per heavy atom. The van der Waals surface area contributed by atoms with Gasteiger partial charge in [0, 0.05) is 36.8 Å². The van der Waals surface area contributed by atoms with Crippen LogP contribution in [-0.4, -0.2) is 28.9 Å². The van der Waals surface area contributed by atoms with Gasteiger partial charge in [-0.3, -0.25) is 4.68 Å². The van der Waals surface area contributed by atoms with E-state index in [4.69, 9.17) is 9.73 Å². The van der Waals surface area contributed by atoms with Gasteiger partial charge in [-0.25, -0.2) is 4.99 Å². The summed E-state index contributed by atoms with van der Waals surface area (Å²) in [4.78, 5) is 4.79. The van der Waals surface area contributed by atoms with Crippen LogP contribution in [0.2, 0.25) is 0 Å². The van der Waals surface area contributed by atoms with Crippen molar-refractivity contribution in [1.29, 1.82) is 0 Å². The molecule has 1 atom stereocenters. The Bertz CT molecular complexity index is 771. The van der Waals surface area contributed by atoms with Crippen molar-refractivity contribution in [2.45, 2.75) is 39.8 Å². The molecular weight excluding hydrogens is 441 g/mol. The molecule has 1 aromatic carbocycles. The largest absolute Gasteiger partial charge is 0.493 e. The van der Waals surface area contributed by atoms with E-state index in [9.17, 15) is 0 Å². The van der Waals surface area contributed by atoms with Gasteiger partial charge in [-0.2, -0.15) is 5.10 Å². The molecule has 26 heavy (non-hydrogen) atoms. The highest BCUT2D eigenvalue weighted by Crippen LogP contribution is 2.31. The Labute approximate surface area is 172 Å². The van der Waals surface area contributed by atoms with Crippen LogP contribution in [0.4, 0.5) is 0 Å². The zero-order valence-corrected chi connectivity index (χ0v) is 18.2. The average molecular weight is 469 g/mol. The lowest BCUT2D eigenvalue weighted by molar-refractivity contribution is 0.261.